The second-order valence-electron chi connectivity index (χ2n) is 18.7. The first-order valence-corrected chi connectivity index (χ1v) is 20.8. The highest BCUT2D eigenvalue weighted by Crippen LogP contribution is 2.70. The van der Waals surface area contributed by atoms with Crippen molar-refractivity contribution >= 4 is 5.97 Å². The van der Waals surface area contributed by atoms with Gasteiger partial charge in [0.15, 0.2) is 18.9 Å². The summed E-state index contributed by atoms with van der Waals surface area (Å²) in [6.07, 6.45) is 1.90. The summed E-state index contributed by atoms with van der Waals surface area (Å²) in [7, 11) is 0. The van der Waals surface area contributed by atoms with Gasteiger partial charge in [0.05, 0.1) is 48.3 Å². The molecule has 4 heterocycles. The molecule has 8 rings (SSSR count). The summed E-state index contributed by atoms with van der Waals surface area (Å²) in [6.45, 7) is 10.4. The zero-order chi connectivity index (χ0) is 38.3. The molecule has 20 atom stereocenters. The van der Waals surface area contributed by atoms with Crippen LogP contribution in [-0.4, -0.2) is 124 Å². The molecule has 306 valence electrons. The molecule has 4 saturated carbocycles. The first-order valence-electron chi connectivity index (χ1n) is 20.8. The summed E-state index contributed by atoms with van der Waals surface area (Å²) < 4.78 is 42.2. The molecule has 0 spiro atoms. The smallest absolute Gasteiger partial charge is 0.331 e. The van der Waals surface area contributed by atoms with E-state index in [2.05, 4.69) is 13.8 Å². The third-order valence-corrected chi connectivity index (χ3v) is 15.9. The molecule has 5 N–H and O–H groups in total. The maximum atomic E-state index is 12.6. The number of hydrogen-bond donors (Lipinski definition) is 5. The van der Waals surface area contributed by atoms with Crippen LogP contribution in [0.2, 0.25) is 0 Å². The Kier molecular flexibility index (Phi) is 10.9. The minimum Gasteiger partial charge on any atom is -0.458 e. The Hall–Kier alpha value is -1.23. The maximum absolute atomic E-state index is 12.6. The molecule has 0 radical (unpaired) electrons. The van der Waals surface area contributed by atoms with E-state index in [-0.39, 0.29) is 54.0 Å². The van der Waals surface area contributed by atoms with Gasteiger partial charge in [-0.05, 0) is 113 Å². The predicted molar refractivity (Wildman–Crippen MR) is 191 cm³/mol. The summed E-state index contributed by atoms with van der Waals surface area (Å²) in [6, 6.07) is 0. The van der Waals surface area contributed by atoms with Crippen molar-refractivity contribution in [3.8, 4) is 0 Å². The van der Waals surface area contributed by atoms with Crippen molar-refractivity contribution < 1.29 is 63.5 Å². The number of hydrogen-bond acceptors (Lipinski definition) is 13. The van der Waals surface area contributed by atoms with Crippen molar-refractivity contribution in [2.24, 2.45) is 34.5 Å². The first kappa shape index (κ1) is 39.6. The molecule has 0 amide bonds. The van der Waals surface area contributed by atoms with E-state index in [0.717, 1.165) is 63.4 Å². The molecule has 54 heavy (non-hydrogen) atoms. The number of carbonyl (C=O) groups is 1. The molecule has 7 fully saturated rings. The molecule has 0 aromatic heterocycles. The Morgan fingerprint density at radius 3 is 1.89 bits per heavy atom. The van der Waals surface area contributed by atoms with Crippen molar-refractivity contribution in [2.45, 2.75) is 197 Å². The third-order valence-electron chi connectivity index (χ3n) is 15.9. The fourth-order valence-corrected chi connectivity index (χ4v) is 12.8. The van der Waals surface area contributed by atoms with Crippen molar-refractivity contribution in [2.75, 3.05) is 6.61 Å². The molecule has 4 aliphatic carbocycles. The van der Waals surface area contributed by atoms with Crippen molar-refractivity contribution in [3.63, 3.8) is 0 Å². The van der Waals surface area contributed by atoms with Crippen molar-refractivity contribution in [1.29, 1.82) is 0 Å². The first-order chi connectivity index (χ1) is 25.6. The third kappa shape index (κ3) is 6.82. The molecule has 8 aliphatic rings. The highest BCUT2D eigenvalue weighted by atomic mass is 16.7. The van der Waals surface area contributed by atoms with E-state index in [0.29, 0.717) is 18.4 Å². The number of rotatable bonds is 7. The van der Waals surface area contributed by atoms with Crippen LogP contribution in [-0.2, 0) is 38.0 Å². The van der Waals surface area contributed by atoms with Gasteiger partial charge < -0.3 is 58.7 Å². The monoisotopic (exact) mass is 764 g/mol. The summed E-state index contributed by atoms with van der Waals surface area (Å²) in [5.41, 5.74) is 0.215. The largest absolute Gasteiger partial charge is 0.458 e. The van der Waals surface area contributed by atoms with E-state index in [1.807, 2.05) is 6.92 Å². The van der Waals surface area contributed by atoms with Crippen LogP contribution in [0, 0.1) is 34.5 Å². The lowest BCUT2D eigenvalue weighted by molar-refractivity contribution is -0.336. The van der Waals surface area contributed by atoms with Gasteiger partial charge in [-0.2, -0.15) is 0 Å². The zero-order valence-electron chi connectivity index (χ0n) is 32.6. The summed E-state index contributed by atoms with van der Waals surface area (Å²) in [5, 5.41) is 55.0. The van der Waals surface area contributed by atoms with Crippen LogP contribution >= 0.6 is 0 Å². The highest BCUT2D eigenvalue weighted by molar-refractivity contribution is 5.85. The van der Waals surface area contributed by atoms with E-state index in [1.165, 1.54) is 0 Å². The average Bonchev–Trinajstić information content (AvgIpc) is 3.66. The van der Waals surface area contributed by atoms with Gasteiger partial charge in [-0.3, -0.25) is 0 Å². The number of ether oxygens (including phenoxy) is 7. The number of fused-ring (bicyclic) bond motifs is 5. The molecule has 3 saturated heterocycles. The van der Waals surface area contributed by atoms with Crippen LogP contribution in [0.1, 0.15) is 112 Å². The topological polar surface area (TPSA) is 183 Å². The Morgan fingerprint density at radius 1 is 0.685 bits per heavy atom. The van der Waals surface area contributed by atoms with Crippen LogP contribution < -0.4 is 0 Å². The van der Waals surface area contributed by atoms with Gasteiger partial charge in [-0.15, -0.1) is 0 Å². The highest BCUT2D eigenvalue weighted by Gasteiger charge is 2.68. The zero-order valence-corrected chi connectivity index (χ0v) is 32.6. The van der Waals surface area contributed by atoms with Crippen LogP contribution in [0.4, 0.5) is 0 Å². The lowest BCUT2D eigenvalue weighted by Gasteiger charge is -2.64. The fourth-order valence-electron chi connectivity index (χ4n) is 12.8. The van der Waals surface area contributed by atoms with E-state index in [1.54, 1.807) is 19.9 Å². The Morgan fingerprint density at radius 2 is 1.30 bits per heavy atom. The van der Waals surface area contributed by atoms with Gasteiger partial charge in [0.1, 0.15) is 24.9 Å². The molecule has 4 aliphatic heterocycles. The maximum Gasteiger partial charge on any atom is 0.331 e. The van der Waals surface area contributed by atoms with Gasteiger partial charge in [0.25, 0.3) is 0 Å². The van der Waals surface area contributed by atoms with Crippen LogP contribution in [0.15, 0.2) is 11.6 Å². The molecule has 0 aromatic rings. The lowest BCUT2D eigenvalue weighted by atomic mass is 9.43. The SMILES string of the molecule is C[C@H]1O[C@@H](O[C@H]2[C@@H](O)C[C@@H](O[C@H]3[C@@H](O)C[C@H](O[C@H]4CC[C@@]5(C)[C@H](CC[C@@H]6[C@@H]5CC[C@]5(C)[C@@H](C7=CC(=O)OC7)CC[C@]65O)C4)O[C@@H]3C)O[C@@H]2C)C[C@H](O)[C@@H]1O. The minimum atomic E-state index is -0.996. The lowest BCUT2D eigenvalue weighted by Crippen LogP contribution is -2.62. The average molecular weight is 765 g/mol. The van der Waals surface area contributed by atoms with Gasteiger partial charge in [-0.1, -0.05) is 13.8 Å². The molecule has 0 aromatic carbocycles. The molecular formula is C41H64O13. The Labute approximate surface area is 319 Å². The molecular weight excluding hydrogens is 700 g/mol. The number of aliphatic hydroxyl groups excluding tert-OH is 4. The van der Waals surface area contributed by atoms with Gasteiger partial charge in [0.2, 0.25) is 0 Å². The summed E-state index contributed by atoms with van der Waals surface area (Å²) in [5.74, 6) is 1.13. The number of esters is 1. The van der Waals surface area contributed by atoms with Crippen LogP contribution in [0.25, 0.3) is 0 Å². The summed E-state index contributed by atoms with van der Waals surface area (Å²) >= 11 is 0. The predicted octanol–water partition coefficient (Wildman–Crippen LogP) is 3.25. The molecule has 13 heteroatoms. The standard InChI is InChI=1S/C41H64O13/c1-20-36(46)29(42)16-34(49-20)53-38-22(3)51-35(18-31(38)44)54-37-21(2)50-33(17-30(37)43)52-25-8-11-39(4)24(15-25)6-7-28-27(39)9-12-40(5)26(10-13-41(28,40)47)23-14-32(45)48-19-23/h14,20-22,24-31,33-38,42-44,46-47H,6-13,15-19H2,1-5H3/t20-,21-,22-,24-,25+,26-,27+,28-,29+,30+,31+,33+,34+,35-,36-,37-,38-,39+,40-,41+/m1/s1. The van der Waals surface area contributed by atoms with E-state index >= 15 is 0 Å². The Bertz CT molecular complexity index is 1370. The number of carbonyl (C=O) groups excluding carboxylic acids is 1. The van der Waals surface area contributed by atoms with Gasteiger partial charge in [-0.25, -0.2) is 4.79 Å². The van der Waals surface area contributed by atoms with Crippen LogP contribution in [0.5, 0.6) is 0 Å². The van der Waals surface area contributed by atoms with E-state index in [4.69, 9.17) is 33.2 Å². The molecule has 13 nitrogen and oxygen atoms in total. The van der Waals surface area contributed by atoms with E-state index < -0.39 is 79.4 Å². The summed E-state index contributed by atoms with van der Waals surface area (Å²) in [4.78, 5) is 11.9. The van der Waals surface area contributed by atoms with E-state index in [9.17, 15) is 30.3 Å². The van der Waals surface area contributed by atoms with Crippen molar-refractivity contribution in [3.05, 3.63) is 11.6 Å². The minimum absolute atomic E-state index is 0.0243. The van der Waals surface area contributed by atoms with Crippen LogP contribution in [0.3, 0.4) is 0 Å². The van der Waals surface area contributed by atoms with Gasteiger partial charge >= 0.3 is 5.97 Å². The number of cyclic esters (lactones) is 1. The quantitative estimate of drug-likeness (QED) is 0.188. The molecule has 0 unspecified atom stereocenters. The van der Waals surface area contributed by atoms with Gasteiger partial charge in [0, 0.05) is 30.8 Å². The number of aliphatic hydroxyl groups is 5. The molecule has 0 bridgehead atoms. The second-order valence-corrected chi connectivity index (χ2v) is 18.7. The second kappa shape index (κ2) is 14.9. The Balaban J connectivity index is 0.826. The van der Waals surface area contributed by atoms with Crippen molar-refractivity contribution in [1.82, 2.24) is 0 Å². The normalized spacial score (nSPS) is 55.0. The fraction of sp³-hybridized carbons (Fsp3) is 0.927.